The number of hydrogen-bond donors (Lipinski definition) is 1. The van der Waals surface area contributed by atoms with Crippen LogP contribution in [0.3, 0.4) is 0 Å². The Morgan fingerprint density at radius 3 is 2.79 bits per heavy atom. The monoisotopic (exact) mass is 460 g/mol. The Bertz CT molecular complexity index is 1310. The summed E-state index contributed by atoms with van der Waals surface area (Å²) in [6.45, 7) is 0. The number of hydrogen-bond acceptors (Lipinski definition) is 6. The van der Waals surface area contributed by atoms with Crippen molar-refractivity contribution in [2.45, 2.75) is 44.1 Å². The van der Waals surface area contributed by atoms with E-state index in [-0.39, 0.29) is 17.9 Å². The lowest BCUT2D eigenvalue weighted by atomic mass is 9.87. The number of nitrogens with one attached hydrogen (secondary N) is 1. The average molecular weight is 461 g/mol. The van der Waals surface area contributed by atoms with Crippen LogP contribution in [0.2, 0.25) is 0 Å². The number of amides is 1. The lowest BCUT2D eigenvalue weighted by Crippen LogP contribution is -2.24. The molecule has 1 fully saturated rings. The van der Waals surface area contributed by atoms with Crippen LogP contribution in [0.15, 0.2) is 48.7 Å². The Morgan fingerprint density at radius 2 is 1.97 bits per heavy atom. The molecule has 1 atom stereocenters. The lowest BCUT2D eigenvalue weighted by Gasteiger charge is -2.24. The number of thiazole rings is 1. The third kappa shape index (κ3) is 3.64. The molecule has 0 bridgehead atoms. The normalized spacial score (nSPS) is 18.3. The van der Waals surface area contributed by atoms with Gasteiger partial charge >= 0.3 is 0 Å². The first-order chi connectivity index (χ1) is 16.2. The number of anilines is 1. The number of carbonyl (C=O) groups excluding carboxylic acids is 1. The van der Waals surface area contributed by atoms with Crippen LogP contribution in [0.25, 0.3) is 15.3 Å². The molecule has 2 aliphatic rings. The number of ether oxygens (including phenoxy) is 2. The van der Waals surface area contributed by atoms with E-state index in [2.05, 4.69) is 10.4 Å². The Labute approximate surface area is 195 Å². The van der Waals surface area contributed by atoms with Gasteiger partial charge in [-0.25, -0.2) is 4.98 Å². The van der Waals surface area contributed by atoms with Gasteiger partial charge in [0.05, 0.1) is 29.6 Å². The van der Waals surface area contributed by atoms with Gasteiger partial charge in [-0.05, 0) is 55.5 Å². The fourth-order valence-electron chi connectivity index (χ4n) is 4.80. The van der Waals surface area contributed by atoms with E-state index >= 15 is 0 Å². The maximum Gasteiger partial charge on any atom is 0.226 e. The van der Waals surface area contributed by atoms with Gasteiger partial charge in [0.15, 0.2) is 11.5 Å². The van der Waals surface area contributed by atoms with E-state index in [1.54, 1.807) is 23.1 Å². The van der Waals surface area contributed by atoms with E-state index in [4.69, 9.17) is 14.5 Å². The Kier molecular flexibility index (Phi) is 5.02. The fourth-order valence-corrected chi connectivity index (χ4v) is 5.73. The number of fused-ring (bicyclic) bond motifs is 2. The zero-order chi connectivity index (χ0) is 22.4. The largest absolute Gasteiger partial charge is 0.493 e. The Balaban J connectivity index is 1.38. The minimum atomic E-state index is -0.117. The van der Waals surface area contributed by atoms with Crippen molar-refractivity contribution in [2.75, 3.05) is 12.4 Å². The topological polar surface area (TPSA) is 78.3 Å². The van der Waals surface area contributed by atoms with Crippen LogP contribution in [0.5, 0.6) is 11.5 Å². The van der Waals surface area contributed by atoms with Crippen LogP contribution >= 0.6 is 11.3 Å². The van der Waals surface area contributed by atoms with Crippen LogP contribution in [0.1, 0.15) is 49.1 Å². The minimum absolute atomic E-state index is 0.0376. The highest BCUT2D eigenvalue weighted by atomic mass is 32.1. The molecule has 0 radical (unpaired) electrons. The predicted octanol–water partition coefficient (Wildman–Crippen LogP) is 5.29. The number of aromatic nitrogens is 3. The summed E-state index contributed by atoms with van der Waals surface area (Å²) in [5.41, 5.74) is 2.92. The fraction of sp³-hybridized carbons (Fsp3) is 0.320. The summed E-state index contributed by atoms with van der Waals surface area (Å²) in [5.74, 6) is 1.99. The van der Waals surface area contributed by atoms with Crippen molar-refractivity contribution in [1.29, 1.82) is 0 Å². The summed E-state index contributed by atoms with van der Waals surface area (Å²) in [7, 11) is 1.66. The van der Waals surface area contributed by atoms with Gasteiger partial charge in [-0.15, -0.1) is 0 Å². The number of para-hydroxylation sites is 1. The van der Waals surface area contributed by atoms with Crippen molar-refractivity contribution in [3.8, 4) is 16.6 Å². The maximum atomic E-state index is 12.7. The smallest absolute Gasteiger partial charge is 0.226 e. The molecular weight excluding hydrogens is 436 g/mol. The summed E-state index contributed by atoms with van der Waals surface area (Å²) in [5, 5.41) is 8.36. The van der Waals surface area contributed by atoms with Crippen molar-refractivity contribution in [3.05, 3.63) is 59.8 Å². The highest BCUT2D eigenvalue weighted by Gasteiger charge is 2.32. The van der Waals surface area contributed by atoms with E-state index in [1.807, 2.05) is 48.7 Å². The van der Waals surface area contributed by atoms with Crippen molar-refractivity contribution in [1.82, 2.24) is 14.8 Å². The highest BCUT2D eigenvalue weighted by molar-refractivity contribution is 7.20. The van der Waals surface area contributed by atoms with Crippen LogP contribution in [-0.4, -0.2) is 33.9 Å². The van der Waals surface area contributed by atoms with E-state index in [9.17, 15) is 4.79 Å². The van der Waals surface area contributed by atoms with Crippen LogP contribution in [0.4, 0.5) is 5.82 Å². The molecule has 33 heavy (non-hydrogen) atoms. The second kappa shape index (κ2) is 8.19. The van der Waals surface area contributed by atoms with Gasteiger partial charge in [-0.3, -0.25) is 4.79 Å². The first kappa shape index (κ1) is 20.2. The molecule has 3 heterocycles. The quantitative estimate of drug-likeness (QED) is 0.438. The molecule has 8 heteroatoms. The molecule has 1 unspecified atom stereocenters. The molecule has 1 aliphatic heterocycles. The second-order valence-corrected chi connectivity index (χ2v) is 9.57. The third-order valence-corrected chi connectivity index (χ3v) is 7.48. The minimum Gasteiger partial charge on any atom is -0.493 e. The first-order valence-electron chi connectivity index (χ1n) is 11.3. The summed E-state index contributed by atoms with van der Waals surface area (Å²) in [6.07, 6.45) is 6.95. The van der Waals surface area contributed by atoms with Crippen molar-refractivity contribution in [2.24, 2.45) is 0 Å². The predicted molar refractivity (Wildman–Crippen MR) is 128 cm³/mol. The molecule has 4 aromatic rings. The van der Waals surface area contributed by atoms with Gasteiger partial charge in [0, 0.05) is 17.9 Å². The number of nitrogens with zero attached hydrogens (tertiary/aromatic N) is 3. The van der Waals surface area contributed by atoms with Gasteiger partial charge in [0.2, 0.25) is 11.0 Å². The summed E-state index contributed by atoms with van der Waals surface area (Å²) in [4.78, 5) is 17.4. The number of carbonyl (C=O) groups is 1. The second-order valence-electron chi connectivity index (χ2n) is 8.56. The molecule has 2 aromatic carbocycles. The van der Waals surface area contributed by atoms with Crippen molar-refractivity contribution in [3.63, 3.8) is 0 Å². The molecule has 2 aromatic heterocycles. The third-order valence-electron chi connectivity index (χ3n) is 6.47. The number of methoxy groups -OCH3 is 1. The molecule has 0 saturated heterocycles. The van der Waals surface area contributed by atoms with Gasteiger partial charge < -0.3 is 14.8 Å². The molecule has 7 nitrogen and oxygen atoms in total. The van der Waals surface area contributed by atoms with E-state index < -0.39 is 0 Å². The molecule has 6 rings (SSSR count). The number of benzene rings is 2. The van der Waals surface area contributed by atoms with E-state index in [1.165, 1.54) is 12.8 Å². The van der Waals surface area contributed by atoms with Crippen LogP contribution < -0.4 is 14.8 Å². The van der Waals surface area contributed by atoms with E-state index in [0.29, 0.717) is 12.2 Å². The average Bonchev–Trinajstić information content (AvgIpc) is 3.57. The Morgan fingerprint density at radius 1 is 1.12 bits per heavy atom. The molecule has 0 spiro atoms. The standard InChI is InChI=1S/C25H24N4O3S/c1-31-20-11-10-15(12-21(20)32-16-6-2-3-7-16)17-13-23(30)28-24-18(17)14-26-29(24)25-27-19-8-4-5-9-22(19)33-25/h4-5,8-12,14,16-17H,2-3,6-7,13H2,1H3,(H,28,30). The van der Waals surface area contributed by atoms with Gasteiger partial charge in [0.25, 0.3) is 0 Å². The van der Waals surface area contributed by atoms with Gasteiger partial charge in [-0.1, -0.05) is 29.5 Å². The number of rotatable bonds is 5. The van der Waals surface area contributed by atoms with Crippen LogP contribution in [0, 0.1) is 0 Å². The van der Waals surface area contributed by atoms with Gasteiger partial charge in [-0.2, -0.15) is 9.78 Å². The molecule has 1 saturated carbocycles. The summed E-state index contributed by atoms with van der Waals surface area (Å²) in [6, 6.07) is 14.0. The summed E-state index contributed by atoms with van der Waals surface area (Å²) >= 11 is 1.55. The zero-order valence-electron chi connectivity index (χ0n) is 18.3. The maximum absolute atomic E-state index is 12.7. The van der Waals surface area contributed by atoms with Gasteiger partial charge in [0.1, 0.15) is 5.82 Å². The van der Waals surface area contributed by atoms with Crippen molar-refractivity contribution < 1.29 is 14.3 Å². The molecule has 1 N–H and O–H groups in total. The molecule has 168 valence electrons. The van der Waals surface area contributed by atoms with Crippen LogP contribution in [-0.2, 0) is 4.79 Å². The molecule has 1 amide bonds. The molecule has 1 aliphatic carbocycles. The van der Waals surface area contributed by atoms with Crippen molar-refractivity contribution >= 4 is 33.3 Å². The summed E-state index contributed by atoms with van der Waals surface area (Å²) < 4.78 is 14.7. The van der Waals surface area contributed by atoms with E-state index in [0.717, 1.165) is 50.8 Å². The zero-order valence-corrected chi connectivity index (χ0v) is 19.1. The lowest BCUT2D eigenvalue weighted by molar-refractivity contribution is -0.116. The SMILES string of the molecule is COc1ccc(C2CC(=O)Nc3c2cnn3-c2nc3ccccc3s2)cc1OC1CCCC1. The molecular formula is C25H24N4O3S. The highest BCUT2D eigenvalue weighted by Crippen LogP contribution is 2.42. The Hall–Kier alpha value is -3.39. The first-order valence-corrected chi connectivity index (χ1v) is 12.1.